The van der Waals surface area contributed by atoms with Crippen LogP contribution in [-0.4, -0.2) is 84.0 Å². The molecule has 0 atom stereocenters. The fourth-order valence-corrected chi connectivity index (χ4v) is 2.13. The van der Waals surface area contributed by atoms with Crippen LogP contribution < -0.4 is 0 Å². The lowest BCUT2D eigenvalue weighted by Crippen LogP contribution is -2.42. The second-order valence-electron chi connectivity index (χ2n) is 6.25. The zero-order valence-electron chi connectivity index (χ0n) is 18.3. The van der Waals surface area contributed by atoms with Crippen LogP contribution in [0.2, 0.25) is 0 Å². The molecule has 0 aromatic carbocycles. The van der Waals surface area contributed by atoms with Gasteiger partial charge in [-0.25, -0.2) is 14.4 Å². The van der Waals surface area contributed by atoms with Crippen LogP contribution in [0.25, 0.3) is 0 Å². The molecule has 0 fully saturated rings. The topological polar surface area (TPSA) is 116 Å². The number of hydrogen-bond acceptors (Lipinski definition) is 10. The summed E-state index contributed by atoms with van der Waals surface area (Å²) in [7, 11) is 0. The van der Waals surface area contributed by atoms with E-state index in [9.17, 15) is 14.4 Å². The van der Waals surface area contributed by atoms with Gasteiger partial charge in [0.15, 0.2) is 0 Å². The molecule has 10 nitrogen and oxygen atoms in total. The molecule has 0 saturated carbocycles. The molecule has 0 amide bonds. The van der Waals surface area contributed by atoms with E-state index in [4.69, 9.17) is 33.2 Å². The largest absolute Gasteiger partial charge is 0.501 e. The normalized spacial score (nSPS) is 10.5. The van der Waals surface area contributed by atoms with Crippen molar-refractivity contribution >= 4 is 17.9 Å². The standard InChI is InChI=1S/C22H32O10/c1-5-19(23)30-12-9-27-16-22(15-26-8-4,17-28-10-13-31-20(24)6-2)18-29-11-14-32-21(25)7-3/h5-8H,1-4,9-18H2. The van der Waals surface area contributed by atoms with Crippen molar-refractivity contribution in [2.45, 2.75) is 0 Å². The molecule has 0 aliphatic carbocycles. The second kappa shape index (κ2) is 18.8. The predicted molar refractivity (Wildman–Crippen MR) is 115 cm³/mol. The minimum Gasteiger partial charge on any atom is -0.501 e. The van der Waals surface area contributed by atoms with Gasteiger partial charge in [0, 0.05) is 18.2 Å². The van der Waals surface area contributed by atoms with Crippen molar-refractivity contribution in [2.24, 2.45) is 5.41 Å². The van der Waals surface area contributed by atoms with Gasteiger partial charge in [-0.2, -0.15) is 0 Å². The third-order valence-electron chi connectivity index (χ3n) is 3.65. The van der Waals surface area contributed by atoms with Crippen LogP contribution in [0.3, 0.4) is 0 Å². The molecule has 32 heavy (non-hydrogen) atoms. The van der Waals surface area contributed by atoms with Gasteiger partial charge in [0.25, 0.3) is 0 Å². The molecule has 10 heteroatoms. The molecule has 0 bridgehead atoms. The zero-order chi connectivity index (χ0) is 24.1. The van der Waals surface area contributed by atoms with Crippen molar-refractivity contribution in [1.29, 1.82) is 0 Å². The molecule has 0 spiro atoms. The molecular formula is C22H32O10. The molecule has 0 unspecified atom stereocenters. The quantitative estimate of drug-likeness (QED) is 0.0824. The molecule has 0 aromatic heterocycles. The Morgan fingerprint density at radius 2 is 0.906 bits per heavy atom. The molecule has 0 heterocycles. The molecule has 0 N–H and O–H groups in total. The number of rotatable bonds is 21. The van der Waals surface area contributed by atoms with Crippen molar-refractivity contribution in [3.63, 3.8) is 0 Å². The molecule has 0 aromatic rings. The van der Waals surface area contributed by atoms with E-state index in [1.54, 1.807) is 0 Å². The van der Waals surface area contributed by atoms with Gasteiger partial charge < -0.3 is 33.2 Å². The van der Waals surface area contributed by atoms with E-state index in [0.29, 0.717) is 0 Å². The fraction of sp³-hybridized carbons (Fsp3) is 0.500. The van der Waals surface area contributed by atoms with E-state index in [1.807, 2.05) is 0 Å². The van der Waals surface area contributed by atoms with E-state index >= 15 is 0 Å². The number of carbonyl (C=O) groups is 3. The summed E-state index contributed by atoms with van der Waals surface area (Å²) in [5.74, 6) is -1.65. The van der Waals surface area contributed by atoms with E-state index in [2.05, 4.69) is 26.3 Å². The third-order valence-corrected chi connectivity index (χ3v) is 3.65. The Balaban J connectivity index is 4.81. The average molecular weight is 456 g/mol. The van der Waals surface area contributed by atoms with Crippen LogP contribution in [0.15, 0.2) is 50.8 Å². The van der Waals surface area contributed by atoms with Gasteiger partial charge >= 0.3 is 17.9 Å². The van der Waals surface area contributed by atoms with Crippen molar-refractivity contribution in [2.75, 3.05) is 66.1 Å². The molecule has 0 rings (SSSR count). The predicted octanol–water partition coefficient (Wildman–Crippen LogP) is 1.37. The lowest BCUT2D eigenvalue weighted by atomic mass is 9.92. The summed E-state index contributed by atoms with van der Waals surface area (Å²) in [6.45, 7) is 14.5. The number of carbonyl (C=O) groups excluding carboxylic acids is 3. The van der Waals surface area contributed by atoms with Gasteiger partial charge in [0.1, 0.15) is 19.8 Å². The highest BCUT2D eigenvalue weighted by Crippen LogP contribution is 2.21. The lowest BCUT2D eigenvalue weighted by Gasteiger charge is -2.32. The Morgan fingerprint density at radius 3 is 1.19 bits per heavy atom. The first kappa shape index (κ1) is 29.1. The summed E-state index contributed by atoms with van der Waals surface area (Å²) in [5, 5.41) is 0. The molecular weight excluding hydrogens is 424 g/mol. The lowest BCUT2D eigenvalue weighted by molar-refractivity contribution is -0.143. The van der Waals surface area contributed by atoms with E-state index < -0.39 is 23.3 Å². The van der Waals surface area contributed by atoms with Crippen molar-refractivity contribution in [1.82, 2.24) is 0 Å². The summed E-state index contributed by atoms with van der Waals surface area (Å²) in [5.41, 5.74) is -0.776. The molecule has 0 aliphatic heterocycles. The monoisotopic (exact) mass is 456 g/mol. The van der Waals surface area contributed by atoms with Crippen LogP contribution >= 0.6 is 0 Å². The van der Waals surface area contributed by atoms with Crippen LogP contribution in [0, 0.1) is 5.41 Å². The van der Waals surface area contributed by atoms with Gasteiger partial charge in [0.2, 0.25) is 0 Å². The zero-order valence-corrected chi connectivity index (χ0v) is 18.3. The van der Waals surface area contributed by atoms with Gasteiger partial charge in [-0.15, -0.1) is 0 Å². The minimum absolute atomic E-state index is 0.0416. The van der Waals surface area contributed by atoms with Gasteiger partial charge in [-0.3, -0.25) is 0 Å². The molecule has 0 saturated heterocycles. The van der Waals surface area contributed by atoms with Crippen molar-refractivity contribution < 1.29 is 47.5 Å². The highest BCUT2D eigenvalue weighted by atomic mass is 16.6. The summed E-state index contributed by atoms with van der Waals surface area (Å²) in [6, 6.07) is 0. The molecule has 0 aliphatic rings. The summed E-state index contributed by atoms with van der Waals surface area (Å²) in [4.78, 5) is 33.3. The van der Waals surface area contributed by atoms with Crippen LogP contribution in [0.5, 0.6) is 0 Å². The SMILES string of the molecule is C=COCC(COCCOC(=O)C=C)(COCCOC(=O)C=C)COCCOC(=O)C=C. The number of hydrogen-bond donors (Lipinski definition) is 0. The number of esters is 3. The maximum atomic E-state index is 11.1. The third kappa shape index (κ3) is 14.9. The molecule has 0 radical (unpaired) electrons. The Morgan fingerprint density at radius 1 is 0.562 bits per heavy atom. The first-order valence-electron chi connectivity index (χ1n) is 9.76. The smallest absolute Gasteiger partial charge is 0.330 e. The van der Waals surface area contributed by atoms with Gasteiger partial charge in [0.05, 0.1) is 57.9 Å². The highest BCUT2D eigenvalue weighted by molar-refractivity contribution is 5.81. The maximum Gasteiger partial charge on any atom is 0.330 e. The fourth-order valence-electron chi connectivity index (χ4n) is 2.13. The maximum absolute atomic E-state index is 11.1. The van der Waals surface area contributed by atoms with E-state index in [-0.39, 0.29) is 66.1 Å². The Kier molecular flexibility index (Phi) is 17.1. The Bertz CT molecular complexity index is 540. The summed E-state index contributed by atoms with van der Waals surface area (Å²) >= 11 is 0. The van der Waals surface area contributed by atoms with Crippen LogP contribution in [-0.2, 0) is 47.5 Å². The average Bonchev–Trinajstić information content (AvgIpc) is 2.81. The van der Waals surface area contributed by atoms with E-state index in [0.717, 1.165) is 18.2 Å². The highest BCUT2D eigenvalue weighted by Gasteiger charge is 2.33. The number of ether oxygens (including phenoxy) is 7. The summed E-state index contributed by atoms with van der Waals surface area (Å²) < 4.78 is 36.9. The Labute approximate surface area is 188 Å². The first-order valence-corrected chi connectivity index (χ1v) is 9.76. The van der Waals surface area contributed by atoms with Crippen molar-refractivity contribution in [3.8, 4) is 0 Å². The molecule has 180 valence electrons. The van der Waals surface area contributed by atoms with Gasteiger partial charge in [-0.05, 0) is 0 Å². The minimum atomic E-state index is -0.776. The van der Waals surface area contributed by atoms with E-state index in [1.165, 1.54) is 6.26 Å². The second-order valence-corrected chi connectivity index (χ2v) is 6.25. The van der Waals surface area contributed by atoms with Crippen LogP contribution in [0.1, 0.15) is 0 Å². The van der Waals surface area contributed by atoms with Crippen molar-refractivity contribution in [3.05, 3.63) is 50.8 Å². The Hall–Kier alpha value is -2.95. The van der Waals surface area contributed by atoms with Crippen LogP contribution in [0.4, 0.5) is 0 Å². The van der Waals surface area contributed by atoms with Gasteiger partial charge in [-0.1, -0.05) is 26.3 Å². The summed E-state index contributed by atoms with van der Waals surface area (Å²) in [6.07, 6.45) is 4.45. The first-order chi connectivity index (χ1) is 15.4.